The smallest absolute Gasteiger partial charge is 0.305 e. The van der Waals surface area contributed by atoms with E-state index in [0.717, 1.165) is 19.4 Å². The lowest BCUT2D eigenvalue weighted by Gasteiger charge is -2.35. The molecule has 0 spiro atoms. The fourth-order valence-corrected chi connectivity index (χ4v) is 4.57. The number of fused-ring (bicyclic) bond motifs is 1. The van der Waals surface area contributed by atoms with Crippen molar-refractivity contribution in [2.45, 2.75) is 12.0 Å². The van der Waals surface area contributed by atoms with Crippen LogP contribution in [0, 0.1) is 0 Å². The second-order valence-electron chi connectivity index (χ2n) is 7.22. The van der Waals surface area contributed by atoms with E-state index in [1.807, 2.05) is 0 Å². The predicted octanol–water partition coefficient (Wildman–Crippen LogP) is 0.280. The van der Waals surface area contributed by atoms with Gasteiger partial charge < -0.3 is 20.8 Å². The van der Waals surface area contributed by atoms with Gasteiger partial charge in [0.1, 0.15) is 12.3 Å². The van der Waals surface area contributed by atoms with Gasteiger partial charge in [-0.3, -0.25) is 4.79 Å². The van der Waals surface area contributed by atoms with Crippen molar-refractivity contribution in [3.8, 4) is 0 Å². The SMILES string of the molecule is CNC(=O)c1ccc2cc([C@@](O)(CCO)C3=CNCN3S(=O)(=O)N(C)C)ccc2c1. The van der Waals surface area contributed by atoms with Crippen molar-refractivity contribution in [3.05, 3.63) is 59.4 Å². The standard InChI is InChI=1S/C20H26N4O5S/c1-21-19(26)16-5-4-15-11-17(7-6-14(15)10-16)20(27,8-9-25)18-12-22-13-24(18)30(28,29)23(2)3/h4-7,10-12,22,25,27H,8-9,13H2,1-3H3,(H,21,26)/t20-/m0/s1. The highest BCUT2D eigenvalue weighted by molar-refractivity contribution is 7.86. The largest absolute Gasteiger partial charge is 0.396 e. The molecule has 0 bridgehead atoms. The number of aliphatic hydroxyl groups excluding tert-OH is 1. The first-order valence-corrected chi connectivity index (χ1v) is 10.8. The maximum atomic E-state index is 12.7. The van der Waals surface area contributed by atoms with Crippen LogP contribution in [0.2, 0.25) is 0 Å². The van der Waals surface area contributed by atoms with Gasteiger partial charge in [-0.25, -0.2) is 4.31 Å². The molecule has 0 unspecified atom stereocenters. The number of hydrogen-bond donors (Lipinski definition) is 4. The number of carbonyl (C=O) groups is 1. The molecule has 1 heterocycles. The number of nitrogens with zero attached hydrogens (tertiary/aromatic N) is 2. The molecule has 1 amide bonds. The van der Waals surface area contributed by atoms with Gasteiger partial charge in [-0.15, -0.1) is 0 Å². The van der Waals surface area contributed by atoms with E-state index in [1.54, 1.807) is 43.4 Å². The molecule has 1 aliphatic rings. The van der Waals surface area contributed by atoms with E-state index < -0.39 is 15.8 Å². The summed E-state index contributed by atoms with van der Waals surface area (Å²) in [6.45, 7) is -0.371. The molecule has 2 aromatic carbocycles. The molecule has 0 aliphatic carbocycles. The lowest BCUT2D eigenvalue weighted by molar-refractivity contribution is 0.0323. The first kappa shape index (κ1) is 22.0. The maximum Gasteiger partial charge on any atom is 0.305 e. The van der Waals surface area contributed by atoms with Gasteiger partial charge in [0.05, 0.1) is 5.70 Å². The molecule has 2 aromatic rings. The summed E-state index contributed by atoms with van der Waals surface area (Å²) in [6.07, 6.45) is 1.36. The molecule has 162 valence electrons. The van der Waals surface area contributed by atoms with Crippen LogP contribution in [0.3, 0.4) is 0 Å². The molecule has 10 heteroatoms. The van der Waals surface area contributed by atoms with Crippen molar-refractivity contribution < 1.29 is 23.4 Å². The zero-order valence-electron chi connectivity index (χ0n) is 17.1. The molecule has 1 atom stereocenters. The van der Waals surface area contributed by atoms with Crippen LogP contribution in [0.1, 0.15) is 22.3 Å². The van der Waals surface area contributed by atoms with Crippen LogP contribution in [-0.4, -0.2) is 67.6 Å². The number of rotatable bonds is 7. The highest BCUT2D eigenvalue weighted by Gasteiger charge is 2.43. The molecule has 1 aliphatic heterocycles. The molecule has 9 nitrogen and oxygen atoms in total. The fraction of sp³-hybridized carbons (Fsp3) is 0.350. The summed E-state index contributed by atoms with van der Waals surface area (Å²) in [7, 11) is 0.537. The molecule has 0 fully saturated rings. The molecular formula is C20H26N4O5S. The zero-order chi connectivity index (χ0) is 22.1. The first-order valence-electron chi connectivity index (χ1n) is 9.39. The summed E-state index contributed by atoms with van der Waals surface area (Å²) < 4.78 is 27.6. The highest BCUT2D eigenvalue weighted by atomic mass is 32.2. The van der Waals surface area contributed by atoms with Crippen molar-refractivity contribution in [1.82, 2.24) is 19.2 Å². The third-order valence-corrected chi connectivity index (χ3v) is 6.99. The van der Waals surface area contributed by atoms with Gasteiger partial charge in [-0.05, 0) is 34.5 Å². The topological polar surface area (TPSA) is 122 Å². The van der Waals surface area contributed by atoms with E-state index in [2.05, 4.69) is 10.6 Å². The van der Waals surface area contributed by atoms with E-state index in [-0.39, 0.29) is 31.3 Å². The van der Waals surface area contributed by atoms with Crippen molar-refractivity contribution in [2.24, 2.45) is 0 Å². The Balaban J connectivity index is 2.09. The van der Waals surface area contributed by atoms with Crippen LogP contribution < -0.4 is 10.6 Å². The summed E-state index contributed by atoms with van der Waals surface area (Å²) >= 11 is 0. The Kier molecular flexibility index (Phi) is 6.04. The maximum absolute atomic E-state index is 12.7. The molecule has 0 aromatic heterocycles. The summed E-state index contributed by atoms with van der Waals surface area (Å²) in [5.74, 6) is -0.204. The monoisotopic (exact) mass is 434 g/mol. The van der Waals surface area contributed by atoms with Crippen molar-refractivity contribution in [3.63, 3.8) is 0 Å². The minimum Gasteiger partial charge on any atom is -0.396 e. The van der Waals surface area contributed by atoms with Gasteiger partial charge >= 0.3 is 10.2 Å². The van der Waals surface area contributed by atoms with Gasteiger partial charge in [-0.2, -0.15) is 12.7 Å². The van der Waals surface area contributed by atoms with Gasteiger partial charge in [0.25, 0.3) is 5.91 Å². The molecule has 0 saturated heterocycles. The number of benzene rings is 2. The Morgan fingerprint density at radius 2 is 1.90 bits per heavy atom. The second-order valence-corrected chi connectivity index (χ2v) is 9.29. The average molecular weight is 435 g/mol. The van der Waals surface area contributed by atoms with E-state index in [1.165, 1.54) is 20.3 Å². The van der Waals surface area contributed by atoms with Crippen LogP contribution in [-0.2, 0) is 15.8 Å². The third-order valence-electron chi connectivity index (χ3n) is 5.19. The van der Waals surface area contributed by atoms with Gasteiger partial charge in [0.2, 0.25) is 0 Å². The molecule has 0 saturated carbocycles. The predicted molar refractivity (Wildman–Crippen MR) is 113 cm³/mol. The quantitative estimate of drug-likeness (QED) is 0.497. The van der Waals surface area contributed by atoms with Crippen LogP contribution in [0.25, 0.3) is 10.8 Å². The lowest BCUT2D eigenvalue weighted by atomic mass is 9.86. The third kappa shape index (κ3) is 3.74. The molecule has 3 rings (SSSR count). The molecule has 0 radical (unpaired) electrons. The van der Waals surface area contributed by atoms with E-state index >= 15 is 0 Å². The van der Waals surface area contributed by atoms with Crippen LogP contribution >= 0.6 is 0 Å². The normalized spacial score (nSPS) is 16.3. The number of amides is 1. The van der Waals surface area contributed by atoms with Crippen molar-refractivity contribution in [1.29, 1.82) is 0 Å². The summed E-state index contributed by atoms with van der Waals surface area (Å²) in [5, 5.41) is 28.2. The highest BCUT2D eigenvalue weighted by Crippen LogP contribution is 2.38. The number of carbonyl (C=O) groups excluding carboxylic acids is 1. The first-order chi connectivity index (χ1) is 14.1. The van der Waals surface area contributed by atoms with E-state index in [0.29, 0.717) is 11.1 Å². The minimum absolute atomic E-state index is 0.0212. The van der Waals surface area contributed by atoms with E-state index in [4.69, 9.17) is 0 Å². The number of aliphatic hydroxyl groups is 2. The van der Waals surface area contributed by atoms with Crippen molar-refractivity contribution >= 4 is 26.9 Å². The molecular weight excluding hydrogens is 408 g/mol. The van der Waals surface area contributed by atoms with Crippen LogP contribution in [0.5, 0.6) is 0 Å². The zero-order valence-corrected chi connectivity index (χ0v) is 17.9. The Labute approximate surface area is 175 Å². The summed E-state index contributed by atoms with van der Waals surface area (Å²) in [5.41, 5.74) is -0.666. The Hall–Kier alpha value is -2.66. The number of nitrogens with one attached hydrogen (secondary N) is 2. The molecule has 30 heavy (non-hydrogen) atoms. The van der Waals surface area contributed by atoms with Crippen LogP contribution in [0.15, 0.2) is 48.3 Å². The van der Waals surface area contributed by atoms with Gasteiger partial charge in [0.15, 0.2) is 0 Å². The average Bonchev–Trinajstić information content (AvgIpc) is 3.24. The second kappa shape index (κ2) is 8.23. The fourth-order valence-electron chi connectivity index (χ4n) is 3.48. The Bertz CT molecular complexity index is 1100. The van der Waals surface area contributed by atoms with Gasteiger partial charge in [0, 0.05) is 45.9 Å². The molecule has 4 N–H and O–H groups in total. The Morgan fingerprint density at radius 1 is 1.23 bits per heavy atom. The summed E-state index contributed by atoms with van der Waals surface area (Å²) in [6, 6.07) is 10.3. The van der Waals surface area contributed by atoms with Crippen LogP contribution in [0.4, 0.5) is 0 Å². The summed E-state index contributed by atoms with van der Waals surface area (Å²) in [4.78, 5) is 11.9. The number of hydrogen-bond acceptors (Lipinski definition) is 6. The lowest BCUT2D eigenvalue weighted by Crippen LogP contribution is -2.45. The minimum atomic E-state index is -3.85. The van der Waals surface area contributed by atoms with E-state index in [9.17, 15) is 23.4 Å². The van der Waals surface area contributed by atoms with Crippen molar-refractivity contribution in [2.75, 3.05) is 34.4 Å². The van der Waals surface area contributed by atoms with Gasteiger partial charge in [-0.1, -0.05) is 18.2 Å². The Morgan fingerprint density at radius 3 is 2.53 bits per heavy atom.